The number of nitriles is 1. The van der Waals surface area contributed by atoms with Crippen LogP contribution in [-0.4, -0.2) is 31.4 Å². The van der Waals surface area contributed by atoms with E-state index in [-0.39, 0.29) is 0 Å². The average Bonchev–Trinajstić information content (AvgIpc) is 2.53. The van der Waals surface area contributed by atoms with Gasteiger partial charge in [-0.15, -0.1) is 11.8 Å². The predicted octanol–water partition coefficient (Wildman–Crippen LogP) is 3.64. The summed E-state index contributed by atoms with van der Waals surface area (Å²) >= 11 is 1.76. The molecule has 0 aliphatic carbocycles. The largest absolute Gasteiger partial charge is 0.366 e. The minimum absolute atomic E-state index is 0.507. The minimum atomic E-state index is 0.507. The third-order valence-electron chi connectivity index (χ3n) is 3.90. The second-order valence-corrected chi connectivity index (χ2v) is 6.69. The highest BCUT2D eigenvalue weighted by molar-refractivity contribution is 7.99. The number of piperidine rings is 1. The fraction of sp³-hybridized carbons (Fsp3) is 0.588. The van der Waals surface area contributed by atoms with E-state index >= 15 is 0 Å². The Kier molecular flexibility index (Phi) is 6.41. The number of thioether (sulfide) groups is 1. The molecule has 1 aromatic rings. The molecule has 1 aromatic carbocycles. The van der Waals surface area contributed by atoms with E-state index < -0.39 is 0 Å². The summed E-state index contributed by atoms with van der Waals surface area (Å²) in [6.45, 7) is 7.50. The van der Waals surface area contributed by atoms with Crippen molar-refractivity contribution in [2.24, 2.45) is 0 Å². The normalized spacial score (nSPS) is 18.2. The van der Waals surface area contributed by atoms with Crippen LogP contribution < -0.4 is 10.2 Å². The molecule has 0 radical (unpaired) electrons. The molecule has 0 saturated carbocycles. The summed E-state index contributed by atoms with van der Waals surface area (Å²) < 4.78 is 0. The van der Waals surface area contributed by atoms with E-state index in [4.69, 9.17) is 0 Å². The summed E-state index contributed by atoms with van der Waals surface area (Å²) in [6.07, 6.45) is 3.53. The number of hydrogen-bond donors (Lipinski definition) is 1. The first-order chi connectivity index (χ1) is 10.3. The van der Waals surface area contributed by atoms with Crippen LogP contribution in [0.4, 0.5) is 5.69 Å². The Hall–Kier alpha value is -1.18. The lowest BCUT2D eigenvalue weighted by molar-refractivity contribution is 0.430. The van der Waals surface area contributed by atoms with Gasteiger partial charge in [-0.25, -0.2) is 0 Å². The summed E-state index contributed by atoms with van der Waals surface area (Å²) in [4.78, 5) is 3.56. The highest BCUT2D eigenvalue weighted by Gasteiger charge is 2.23. The van der Waals surface area contributed by atoms with Crippen molar-refractivity contribution >= 4 is 17.4 Å². The van der Waals surface area contributed by atoms with Gasteiger partial charge in [0.1, 0.15) is 6.07 Å². The molecule has 0 bridgehead atoms. The topological polar surface area (TPSA) is 39.1 Å². The van der Waals surface area contributed by atoms with Gasteiger partial charge >= 0.3 is 0 Å². The monoisotopic (exact) mass is 303 g/mol. The predicted molar refractivity (Wildman–Crippen MR) is 91.1 cm³/mol. The third-order valence-corrected chi connectivity index (χ3v) is 4.84. The van der Waals surface area contributed by atoms with Crippen LogP contribution >= 0.6 is 11.8 Å². The minimum Gasteiger partial charge on any atom is -0.366 e. The van der Waals surface area contributed by atoms with Crippen LogP contribution in [-0.2, 0) is 0 Å². The summed E-state index contributed by atoms with van der Waals surface area (Å²) in [6, 6.07) is 9.22. The molecule has 2 rings (SSSR count). The maximum atomic E-state index is 9.64. The van der Waals surface area contributed by atoms with Crippen molar-refractivity contribution < 1.29 is 0 Å². The zero-order valence-electron chi connectivity index (χ0n) is 13.1. The van der Waals surface area contributed by atoms with Crippen LogP contribution in [0, 0.1) is 11.3 Å². The molecule has 1 unspecified atom stereocenters. The Morgan fingerprint density at radius 1 is 1.43 bits per heavy atom. The first-order valence-electron chi connectivity index (χ1n) is 7.95. The highest BCUT2D eigenvalue weighted by Crippen LogP contribution is 2.32. The highest BCUT2D eigenvalue weighted by atomic mass is 32.2. The lowest BCUT2D eigenvalue weighted by Gasteiger charge is -2.37. The number of benzene rings is 1. The number of nitrogens with zero attached hydrogens (tertiary/aromatic N) is 2. The van der Waals surface area contributed by atoms with Crippen LogP contribution in [0.5, 0.6) is 0 Å². The van der Waals surface area contributed by atoms with Crippen molar-refractivity contribution in [2.45, 2.75) is 44.0 Å². The van der Waals surface area contributed by atoms with Gasteiger partial charge in [-0.1, -0.05) is 19.9 Å². The quantitative estimate of drug-likeness (QED) is 0.814. The summed E-state index contributed by atoms with van der Waals surface area (Å²) in [5.41, 5.74) is 1.97. The van der Waals surface area contributed by atoms with Gasteiger partial charge in [-0.3, -0.25) is 0 Å². The first kappa shape index (κ1) is 16.2. The molecule has 21 heavy (non-hydrogen) atoms. The Bertz CT molecular complexity index is 489. The van der Waals surface area contributed by atoms with Gasteiger partial charge in [-0.05, 0) is 43.7 Å². The molecule has 1 saturated heterocycles. The van der Waals surface area contributed by atoms with Crippen molar-refractivity contribution in [3.63, 3.8) is 0 Å². The van der Waals surface area contributed by atoms with Crippen LogP contribution in [0.3, 0.4) is 0 Å². The maximum absolute atomic E-state index is 9.64. The molecule has 1 aliphatic heterocycles. The number of nitrogens with one attached hydrogen (secondary N) is 1. The fourth-order valence-electron chi connectivity index (χ4n) is 2.99. The van der Waals surface area contributed by atoms with Gasteiger partial charge in [0.05, 0.1) is 11.3 Å². The zero-order valence-corrected chi connectivity index (χ0v) is 13.9. The SMILES string of the molecule is CCCN(c1cccc(SCC)c1C#N)C1CCCNC1. The maximum Gasteiger partial charge on any atom is 0.103 e. The van der Waals surface area contributed by atoms with E-state index in [2.05, 4.69) is 48.3 Å². The fourth-order valence-corrected chi connectivity index (χ4v) is 3.77. The summed E-state index contributed by atoms with van der Waals surface area (Å²) in [5, 5.41) is 13.1. The van der Waals surface area contributed by atoms with Crippen LogP contribution in [0.2, 0.25) is 0 Å². The molecule has 1 N–H and O–H groups in total. The van der Waals surface area contributed by atoms with Gasteiger partial charge in [-0.2, -0.15) is 5.26 Å². The number of hydrogen-bond acceptors (Lipinski definition) is 4. The summed E-state index contributed by atoms with van der Waals surface area (Å²) in [7, 11) is 0. The van der Waals surface area contributed by atoms with E-state index in [1.165, 1.54) is 12.8 Å². The molecule has 1 atom stereocenters. The zero-order chi connectivity index (χ0) is 15.1. The Balaban J connectivity index is 2.34. The van der Waals surface area contributed by atoms with E-state index in [9.17, 15) is 5.26 Å². The van der Waals surface area contributed by atoms with Gasteiger partial charge in [0, 0.05) is 24.0 Å². The Morgan fingerprint density at radius 2 is 2.29 bits per heavy atom. The van der Waals surface area contributed by atoms with E-state index in [1.807, 2.05) is 0 Å². The average molecular weight is 303 g/mol. The molecule has 4 heteroatoms. The standard InChI is InChI=1S/C17H25N3S/c1-3-11-20(14-7-6-10-19-13-14)16-8-5-9-17(21-4-2)15(16)12-18/h5,8-9,14,19H,3-4,6-7,10-11,13H2,1-2H3. The molecular weight excluding hydrogens is 278 g/mol. The van der Waals surface area contributed by atoms with E-state index in [0.29, 0.717) is 6.04 Å². The van der Waals surface area contributed by atoms with Gasteiger partial charge in [0.15, 0.2) is 0 Å². The molecule has 0 spiro atoms. The number of rotatable bonds is 6. The molecule has 1 heterocycles. The van der Waals surface area contributed by atoms with Gasteiger partial charge < -0.3 is 10.2 Å². The molecule has 0 aromatic heterocycles. The van der Waals surface area contributed by atoms with Crippen LogP contribution in [0.15, 0.2) is 23.1 Å². The Morgan fingerprint density at radius 3 is 2.90 bits per heavy atom. The summed E-state index contributed by atoms with van der Waals surface area (Å²) in [5.74, 6) is 0.997. The number of anilines is 1. The van der Waals surface area contributed by atoms with Crippen molar-refractivity contribution in [3.8, 4) is 6.07 Å². The molecule has 0 amide bonds. The Labute approximate surface area is 132 Å². The molecule has 3 nitrogen and oxygen atoms in total. The molecular formula is C17H25N3S. The van der Waals surface area contributed by atoms with Crippen molar-refractivity contribution in [3.05, 3.63) is 23.8 Å². The molecule has 1 fully saturated rings. The lowest BCUT2D eigenvalue weighted by Crippen LogP contribution is -2.46. The second-order valence-electron chi connectivity index (χ2n) is 5.39. The van der Waals surface area contributed by atoms with Crippen LogP contribution in [0.25, 0.3) is 0 Å². The smallest absolute Gasteiger partial charge is 0.103 e. The second kappa shape index (κ2) is 8.31. The lowest BCUT2D eigenvalue weighted by atomic mass is 10.0. The third kappa shape index (κ3) is 3.93. The van der Waals surface area contributed by atoms with Crippen molar-refractivity contribution in [1.82, 2.24) is 5.32 Å². The van der Waals surface area contributed by atoms with Gasteiger partial charge in [0.2, 0.25) is 0 Å². The molecule has 1 aliphatic rings. The van der Waals surface area contributed by atoms with E-state index in [1.54, 1.807) is 11.8 Å². The van der Waals surface area contributed by atoms with Crippen molar-refractivity contribution in [2.75, 3.05) is 30.3 Å². The van der Waals surface area contributed by atoms with Crippen LogP contribution in [0.1, 0.15) is 38.7 Å². The van der Waals surface area contributed by atoms with Crippen molar-refractivity contribution in [1.29, 1.82) is 5.26 Å². The van der Waals surface area contributed by atoms with Gasteiger partial charge in [0.25, 0.3) is 0 Å². The molecule has 114 valence electrons. The van der Waals surface area contributed by atoms with E-state index in [0.717, 1.165) is 48.0 Å². The first-order valence-corrected chi connectivity index (χ1v) is 8.93.